The summed E-state index contributed by atoms with van der Waals surface area (Å²) >= 11 is 0. The molecule has 0 aliphatic rings. The molecular weight excluding hydrogens is 340 g/mol. The molecule has 0 fully saturated rings. The molecule has 2 aromatic rings. The Kier molecular flexibility index (Phi) is 6.17. The summed E-state index contributed by atoms with van der Waals surface area (Å²) in [5.74, 6) is 0.192. The summed E-state index contributed by atoms with van der Waals surface area (Å²) in [6.45, 7) is 1.49. The normalized spacial score (nSPS) is 12.6. The number of nitrogens with one attached hydrogen (secondary N) is 1. The fourth-order valence-corrected chi connectivity index (χ4v) is 3.53. The maximum Gasteiger partial charge on any atom is 0.239 e. The molecule has 0 aliphatic carbocycles. The average molecular weight is 362 g/mol. The number of sulfonamides is 1. The van der Waals surface area contributed by atoms with Crippen molar-refractivity contribution in [1.82, 2.24) is 4.31 Å². The van der Waals surface area contributed by atoms with Gasteiger partial charge in [0, 0.05) is 17.8 Å². The van der Waals surface area contributed by atoms with E-state index in [4.69, 9.17) is 4.74 Å². The Morgan fingerprint density at radius 1 is 1.16 bits per heavy atom. The summed E-state index contributed by atoms with van der Waals surface area (Å²) in [6.07, 6.45) is 1.10. The molecule has 0 saturated carbocycles. The topological polar surface area (TPSA) is 75.7 Å². The first kappa shape index (κ1) is 19.0. The summed E-state index contributed by atoms with van der Waals surface area (Å²) in [4.78, 5) is 12.3. The van der Waals surface area contributed by atoms with Crippen molar-refractivity contribution >= 4 is 21.6 Å². The Hall–Kier alpha value is -2.38. The minimum Gasteiger partial charge on any atom is -0.497 e. The third-order valence-corrected chi connectivity index (χ3v) is 5.09. The lowest BCUT2D eigenvalue weighted by Crippen LogP contribution is -2.39. The van der Waals surface area contributed by atoms with Crippen molar-refractivity contribution < 1.29 is 17.9 Å². The van der Waals surface area contributed by atoms with Gasteiger partial charge in [-0.1, -0.05) is 36.4 Å². The lowest BCUT2D eigenvalue weighted by Gasteiger charge is -2.26. The van der Waals surface area contributed by atoms with Crippen LogP contribution in [0.5, 0.6) is 5.75 Å². The zero-order valence-electron chi connectivity index (χ0n) is 14.5. The molecule has 2 aromatic carbocycles. The highest BCUT2D eigenvalue weighted by Crippen LogP contribution is 2.23. The molecule has 0 spiro atoms. The van der Waals surface area contributed by atoms with Crippen LogP contribution in [-0.2, 0) is 14.8 Å². The number of anilines is 1. The molecular formula is C18H22N2O4S. The summed E-state index contributed by atoms with van der Waals surface area (Å²) in [5.41, 5.74) is 1.37. The maximum atomic E-state index is 12.3. The summed E-state index contributed by atoms with van der Waals surface area (Å²) in [6, 6.07) is 15.6. The van der Waals surface area contributed by atoms with Crippen LogP contribution >= 0.6 is 0 Å². The van der Waals surface area contributed by atoms with Crippen molar-refractivity contribution in [1.29, 1.82) is 0 Å². The highest BCUT2D eigenvalue weighted by Gasteiger charge is 2.26. The van der Waals surface area contributed by atoms with Gasteiger partial charge in [-0.2, -0.15) is 4.31 Å². The number of carbonyl (C=O) groups is 1. The number of nitrogens with zero attached hydrogens (tertiary/aromatic N) is 1. The van der Waals surface area contributed by atoms with Crippen molar-refractivity contribution in [2.75, 3.05) is 25.2 Å². The van der Waals surface area contributed by atoms with Crippen LogP contribution in [0.15, 0.2) is 54.6 Å². The number of benzene rings is 2. The van der Waals surface area contributed by atoms with Gasteiger partial charge in [-0.25, -0.2) is 8.42 Å². The second-order valence-corrected chi connectivity index (χ2v) is 7.61. The van der Waals surface area contributed by atoms with Gasteiger partial charge in [-0.3, -0.25) is 4.79 Å². The van der Waals surface area contributed by atoms with Crippen LogP contribution in [0, 0.1) is 0 Å². The Labute approximate surface area is 148 Å². The van der Waals surface area contributed by atoms with Crippen LogP contribution in [0.3, 0.4) is 0 Å². The molecule has 0 heterocycles. The molecule has 25 heavy (non-hydrogen) atoms. The number of hydrogen-bond acceptors (Lipinski definition) is 4. The van der Waals surface area contributed by atoms with E-state index >= 15 is 0 Å². The first-order valence-electron chi connectivity index (χ1n) is 7.77. The van der Waals surface area contributed by atoms with Gasteiger partial charge in [-0.05, 0) is 24.6 Å². The molecule has 1 N–H and O–H groups in total. The van der Waals surface area contributed by atoms with Gasteiger partial charge in [0.05, 0.1) is 19.9 Å². The summed E-state index contributed by atoms with van der Waals surface area (Å²) in [5, 5.41) is 2.70. The Morgan fingerprint density at radius 3 is 2.44 bits per heavy atom. The largest absolute Gasteiger partial charge is 0.497 e. The number of rotatable bonds is 7. The standard InChI is InChI=1S/C18H22N2O4S/c1-14(15-8-5-4-6-9-15)20(25(3,22)23)13-18(21)19-16-10-7-11-17(12-16)24-2/h4-12,14H,13H2,1-3H3,(H,19,21). The van der Waals surface area contributed by atoms with Gasteiger partial charge < -0.3 is 10.1 Å². The van der Waals surface area contributed by atoms with Crippen molar-refractivity contribution in [3.05, 3.63) is 60.2 Å². The molecule has 0 aliphatic heterocycles. The first-order valence-corrected chi connectivity index (χ1v) is 9.62. The van der Waals surface area contributed by atoms with Gasteiger partial charge in [-0.15, -0.1) is 0 Å². The van der Waals surface area contributed by atoms with Crippen LogP contribution in [0.25, 0.3) is 0 Å². The molecule has 1 unspecified atom stereocenters. The van der Waals surface area contributed by atoms with Gasteiger partial charge in [0.2, 0.25) is 15.9 Å². The van der Waals surface area contributed by atoms with Crippen LogP contribution < -0.4 is 10.1 Å². The molecule has 1 atom stereocenters. The zero-order chi connectivity index (χ0) is 18.4. The molecule has 7 heteroatoms. The number of amides is 1. The van der Waals surface area contributed by atoms with E-state index in [1.807, 2.05) is 30.3 Å². The Balaban J connectivity index is 2.15. The maximum absolute atomic E-state index is 12.3. The molecule has 134 valence electrons. The number of carbonyl (C=O) groups excluding carboxylic acids is 1. The molecule has 1 amide bonds. The smallest absolute Gasteiger partial charge is 0.239 e. The van der Waals surface area contributed by atoms with Gasteiger partial charge >= 0.3 is 0 Å². The zero-order valence-corrected chi connectivity index (χ0v) is 15.3. The molecule has 0 saturated heterocycles. The minimum atomic E-state index is -3.56. The van der Waals surface area contributed by atoms with E-state index in [9.17, 15) is 13.2 Å². The number of ether oxygens (including phenoxy) is 1. The van der Waals surface area contributed by atoms with Gasteiger partial charge in [0.25, 0.3) is 0 Å². The van der Waals surface area contributed by atoms with Gasteiger partial charge in [0.15, 0.2) is 0 Å². The summed E-state index contributed by atoms with van der Waals surface area (Å²) in [7, 11) is -2.03. The summed E-state index contributed by atoms with van der Waals surface area (Å²) < 4.78 is 30.6. The van der Waals surface area contributed by atoms with Crippen molar-refractivity contribution in [2.45, 2.75) is 13.0 Å². The van der Waals surface area contributed by atoms with E-state index in [0.717, 1.165) is 11.8 Å². The van der Waals surface area contributed by atoms with Gasteiger partial charge in [0.1, 0.15) is 5.75 Å². The van der Waals surface area contributed by atoms with Crippen molar-refractivity contribution in [3.8, 4) is 5.75 Å². The van der Waals surface area contributed by atoms with Crippen LogP contribution in [0.1, 0.15) is 18.5 Å². The molecule has 6 nitrogen and oxygen atoms in total. The molecule has 0 radical (unpaired) electrons. The van der Waals surface area contributed by atoms with Crippen LogP contribution in [-0.4, -0.2) is 38.5 Å². The van der Waals surface area contributed by atoms with Crippen molar-refractivity contribution in [2.24, 2.45) is 0 Å². The monoisotopic (exact) mass is 362 g/mol. The van der Waals surface area contributed by atoms with E-state index in [1.165, 1.54) is 11.4 Å². The first-order chi connectivity index (χ1) is 11.8. The quantitative estimate of drug-likeness (QED) is 0.822. The SMILES string of the molecule is COc1cccc(NC(=O)CN(C(C)c2ccccc2)S(C)(=O)=O)c1. The van der Waals surface area contributed by atoms with E-state index in [1.54, 1.807) is 31.2 Å². The van der Waals surface area contributed by atoms with Crippen LogP contribution in [0.4, 0.5) is 5.69 Å². The predicted octanol–water partition coefficient (Wildman–Crippen LogP) is 2.66. The minimum absolute atomic E-state index is 0.272. The number of hydrogen-bond donors (Lipinski definition) is 1. The highest BCUT2D eigenvalue weighted by molar-refractivity contribution is 7.88. The highest BCUT2D eigenvalue weighted by atomic mass is 32.2. The van der Waals surface area contributed by atoms with Crippen molar-refractivity contribution in [3.63, 3.8) is 0 Å². The molecule has 0 aromatic heterocycles. The second kappa shape index (κ2) is 8.13. The Bertz CT molecular complexity index is 822. The van der Waals surface area contributed by atoms with E-state index in [-0.39, 0.29) is 6.54 Å². The molecule has 2 rings (SSSR count). The third kappa shape index (κ3) is 5.30. The lowest BCUT2D eigenvalue weighted by atomic mass is 10.1. The third-order valence-electron chi connectivity index (χ3n) is 3.79. The van der Waals surface area contributed by atoms with Crippen LogP contribution in [0.2, 0.25) is 0 Å². The van der Waals surface area contributed by atoms with E-state index in [0.29, 0.717) is 11.4 Å². The predicted molar refractivity (Wildman–Crippen MR) is 98.0 cm³/mol. The fraction of sp³-hybridized carbons (Fsp3) is 0.278. The Morgan fingerprint density at radius 2 is 1.84 bits per heavy atom. The van der Waals surface area contributed by atoms with E-state index < -0.39 is 22.0 Å². The molecule has 0 bridgehead atoms. The lowest BCUT2D eigenvalue weighted by molar-refractivity contribution is -0.116. The fourth-order valence-electron chi connectivity index (χ4n) is 2.48. The van der Waals surface area contributed by atoms with E-state index in [2.05, 4.69) is 5.32 Å². The second-order valence-electron chi connectivity index (χ2n) is 5.68. The average Bonchev–Trinajstić information content (AvgIpc) is 2.59. The number of methoxy groups -OCH3 is 1.